The molecule has 0 radical (unpaired) electrons. The highest BCUT2D eigenvalue weighted by Gasteiger charge is 2.30. The van der Waals surface area contributed by atoms with Gasteiger partial charge < -0.3 is 33.8 Å². The standard InChI is InChI=1S/C70H136O17P2/c1-7-9-11-13-15-17-19-21-22-24-26-30-34-42-48-54-69(74)86-65(58-80-67(72)52-46-40-33-29-25-23-20-18-16-14-12-10-8-2)60-84-88(76,77)82-56-64(71)57-83-89(78,79)85-61-66(59-81-68(73)53-47-41-37-36-39-45-51-63(5)6)87-70(75)55-49-43-35-31-27-28-32-38-44-50-62(3)4/h62-66,71H,7-61H2,1-6H3,(H,76,77)(H,78,79)/t64-,65-,66-/m1/s1. The molecule has 2 unspecified atom stereocenters. The first-order valence-electron chi connectivity index (χ1n) is 36.5. The van der Waals surface area contributed by atoms with E-state index in [1.807, 2.05) is 0 Å². The van der Waals surface area contributed by atoms with Gasteiger partial charge in [-0.1, -0.05) is 305 Å². The number of carbonyl (C=O) groups excluding carboxylic acids is 4. The van der Waals surface area contributed by atoms with Gasteiger partial charge >= 0.3 is 39.5 Å². The average molecular weight is 1310 g/mol. The Morgan fingerprint density at radius 1 is 0.303 bits per heavy atom. The van der Waals surface area contributed by atoms with Gasteiger partial charge in [0.05, 0.1) is 26.4 Å². The van der Waals surface area contributed by atoms with E-state index in [1.54, 1.807) is 0 Å². The monoisotopic (exact) mass is 1310 g/mol. The van der Waals surface area contributed by atoms with Gasteiger partial charge in [0.2, 0.25) is 0 Å². The Labute approximate surface area is 543 Å². The molecule has 0 aromatic rings. The summed E-state index contributed by atoms with van der Waals surface area (Å²) >= 11 is 0. The molecule has 0 fully saturated rings. The fraction of sp³-hybridized carbons (Fsp3) is 0.943. The van der Waals surface area contributed by atoms with Crippen LogP contribution in [0.5, 0.6) is 0 Å². The smallest absolute Gasteiger partial charge is 0.462 e. The molecule has 0 saturated heterocycles. The second-order valence-corrected chi connectivity index (χ2v) is 29.1. The van der Waals surface area contributed by atoms with Crippen LogP contribution in [0.4, 0.5) is 0 Å². The van der Waals surface area contributed by atoms with E-state index in [4.69, 9.17) is 37.0 Å². The van der Waals surface area contributed by atoms with Gasteiger partial charge in [0.1, 0.15) is 19.3 Å². The van der Waals surface area contributed by atoms with Crippen molar-refractivity contribution in [2.24, 2.45) is 11.8 Å². The highest BCUT2D eigenvalue weighted by molar-refractivity contribution is 7.47. The first kappa shape index (κ1) is 87.1. The molecule has 0 heterocycles. The normalized spacial score (nSPS) is 14.1. The van der Waals surface area contributed by atoms with Gasteiger partial charge in [-0.15, -0.1) is 0 Å². The minimum Gasteiger partial charge on any atom is -0.462 e. The average Bonchev–Trinajstić information content (AvgIpc) is 3.71. The summed E-state index contributed by atoms with van der Waals surface area (Å²) in [5, 5.41) is 10.6. The van der Waals surface area contributed by atoms with Gasteiger partial charge in [0, 0.05) is 25.7 Å². The molecule has 0 aliphatic carbocycles. The van der Waals surface area contributed by atoms with Crippen molar-refractivity contribution in [3.63, 3.8) is 0 Å². The maximum atomic E-state index is 13.0. The largest absolute Gasteiger partial charge is 0.472 e. The van der Waals surface area contributed by atoms with E-state index >= 15 is 0 Å². The van der Waals surface area contributed by atoms with E-state index in [-0.39, 0.29) is 25.7 Å². The molecule has 3 N–H and O–H groups in total. The Balaban J connectivity index is 5.24. The lowest BCUT2D eigenvalue weighted by Gasteiger charge is -2.21. The van der Waals surface area contributed by atoms with Gasteiger partial charge in [-0.2, -0.15) is 0 Å². The van der Waals surface area contributed by atoms with Crippen LogP contribution in [0.1, 0.15) is 356 Å². The fourth-order valence-corrected chi connectivity index (χ4v) is 12.2. The lowest BCUT2D eigenvalue weighted by atomic mass is 10.0. The maximum Gasteiger partial charge on any atom is 0.472 e. The van der Waals surface area contributed by atoms with Crippen LogP contribution in [0.25, 0.3) is 0 Å². The molecule has 19 heteroatoms. The summed E-state index contributed by atoms with van der Waals surface area (Å²) in [5.41, 5.74) is 0. The molecule has 0 bridgehead atoms. The summed E-state index contributed by atoms with van der Waals surface area (Å²) in [6.45, 7) is 9.45. The fourth-order valence-electron chi connectivity index (χ4n) is 10.6. The number of carbonyl (C=O) groups is 4. The van der Waals surface area contributed by atoms with Crippen molar-refractivity contribution in [3.8, 4) is 0 Å². The zero-order valence-corrected chi connectivity index (χ0v) is 59.5. The molecule has 528 valence electrons. The highest BCUT2D eigenvalue weighted by Crippen LogP contribution is 2.45. The number of esters is 4. The van der Waals surface area contributed by atoms with Crippen molar-refractivity contribution in [3.05, 3.63) is 0 Å². The Morgan fingerprint density at radius 3 is 0.764 bits per heavy atom. The van der Waals surface area contributed by atoms with Crippen LogP contribution in [0.15, 0.2) is 0 Å². The first-order valence-corrected chi connectivity index (χ1v) is 39.5. The molecule has 0 saturated carbocycles. The predicted octanol–water partition coefficient (Wildman–Crippen LogP) is 20.0. The van der Waals surface area contributed by atoms with Gasteiger partial charge in [-0.3, -0.25) is 37.3 Å². The summed E-state index contributed by atoms with van der Waals surface area (Å²) in [5.74, 6) is -0.709. The van der Waals surface area contributed by atoms with Crippen molar-refractivity contribution in [2.45, 2.75) is 374 Å². The molecule has 89 heavy (non-hydrogen) atoms. The van der Waals surface area contributed by atoms with Crippen LogP contribution in [0.3, 0.4) is 0 Å². The van der Waals surface area contributed by atoms with E-state index in [0.717, 1.165) is 102 Å². The molecular weight excluding hydrogens is 1170 g/mol. The van der Waals surface area contributed by atoms with Gasteiger partial charge in [0.15, 0.2) is 12.2 Å². The Morgan fingerprint density at radius 2 is 0.517 bits per heavy atom. The molecule has 17 nitrogen and oxygen atoms in total. The molecule has 0 rings (SSSR count). The second kappa shape index (κ2) is 62.2. The second-order valence-electron chi connectivity index (χ2n) is 26.2. The molecule has 0 spiro atoms. The van der Waals surface area contributed by atoms with Crippen molar-refractivity contribution in [1.29, 1.82) is 0 Å². The van der Waals surface area contributed by atoms with Crippen molar-refractivity contribution in [2.75, 3.05) is 39.6 Å². The van der Waals surface area contributed by atoms with E-state index in [0.29, 0.717) is 31.6 Å². The van der Waals surface area contributed by atoms with Crippen molar-refractivity contribution >= 4 is 39.5 Å². The van der Waals surface area contributed by atoms with Crippen LogP contribution in [0.2, 0.25) is 0 Å². The lowest BCUT2D eigenvalue weighted by Crippen LogP contribution is -2.30. The Kier molecular flexibility index (Phi) is 60.8. The third-order valence-electron chi connectivity index (χ3n) is 16.2. The number of aliphatic hydroxyl groups excluding tert-OH is 1. The number of aliphatic hydroxyl groups is 1. The highest BCUT2D eigenvalue weighted by atomic mass is 31.2. The van der Waals surface area contributed by atoms with Crippen LogP contribution >= 0.6 is 15.6 Å². The summed E-state index contributed by atoms with van der Waals surface area (Å²) in [7, 11) is -9.90. The Hall–Kier alpha value is -1.94. The molecule has 0 aromatic heterocycles. The lowest BCUT2D eigenvalue weighted by molar-refractivity contribution is -0.161. The maximum absolute atomic E-state index is 13.0. The van der Waals surface area contributed by atoms with Crippen molar-refractivity contribution < 1.29 is 80.2 Å². The van der Waals surface area contributed by atoms with Crippen LogP contribution in [-0.2, 0) is 65.4 Å². The molecule has 5 atom stereocenters. The van der Waals surface area contributed by atoms with Crippen LogP contribution in [0, 0.1) is 11.8 Å². The minimum absolute atomic E-state index is 0.104. The Bertz CT molecular complexity index is 1730. The zero-order valence-electron chi connectivity index (χ0n) is 57.7. The summed E-state index contributed by atoms with van der Waals surface area (Å²) in [6, 6.07) is 0. The molecule has 0 aliphatic heterocycles. The van der Waals surface area contributed by atoms with E-state index in [2.05, 4.69) is 41.5 Å². The summed E-state index contributed by atoms with van der Waals surface area (Å²) < 4.78 is 68.3. The first-order chi connectivity index (χ1) is 42.9. The van der Waals surface area contributed by atoms with Gasteiger partial charge in [0.25, 0.3) is 0 Å². The van der Waals surface area contributed by atoms with Crippen LogP contribution < -0.4 is 0 Å². The predicted molar refractivity (Wildman–Crippen MR) is 358 cm³/mol. The number of rotatable bonds is 69. The number of ether oxygens (including phenoxy) is 4. The quantitative estimate of drug-likeness (QED) is 0.0222. The molecule has 0 aromatic carbocycles. The number of unbranched alkanes of at least 4 members (excludes halogenated alkanes) is 39. The molecular formula is C70H136O17P2. The van der Waals surface area contributed by atoms with E-state index in [9.17, 15) is 43.2 Å². The summed E-state index contributed by atoms with van der Waals surface area (Å²) in [4.78, 5) is 72.5. The van der Waals surface area contributed by atoms with Crippen molar-refractivity contribution in [1.82, 2.24) is 0 Å². The number of phosphoric acid groups is 2. The van der Waals surface area contributed by atoms with Crippen LogP contribution in [-0.4, -0.2) is 96.7 Å². The van der Waals surface area contributed by atoms with Gasteiger partial charge in [-0.25, -0.2) is 9.13 Å². The third-order valence-corrected chi connectivity index (χ3v) is 18.1. The molecule has 0 amide bonds. The van der Waals surface area contributed by atoms with E-state index in [1.165, 1.54) is 167 Å². The number of phosphoric ester groups is 2. The zero-order chi connectivity index (χ0) is 65.7. The number of hydrogen-bond donors (Lipinski definition) is 3. The third kappa shape index (κ3) is 64.6. The SMILES string of the molecule is CCCCCCCCCCCCCCCCCC(=O)O[C@H](COC(=O)CCCCCCCCCCCCCCC)COP(=O)(O)OC[C@@H](O)COP(=O)(O)OC[C@@H](COC(=O)CCCCCCCCC(C)C)OC(=O)CCCCCCCCCCCC(C)C. The molecule has 0 aliphatic rings. The topological polar surface area (TPSA) is 237 Å². The number of hydrogen-bond acceptors (Lipinski definition) is 15. The van der Waals surface area contributed by atoms with Gasteiger partial charge in [-0.05, 0) is 37.5 Å². The minimum atomic E-state index is -4.95. The van der Waals surface area contributed by atoms with E-state index < -0.39 is 97.5 Å². The summed E-state index contributed by atoms with van der Waals surface area (Å²) in [6.07, 6.45) is 47.3.